The molecule has 0 bridgehead atoms. The number of amides is 1. The summed E-state index contributed by atoms with van der Waals surface area (Å²) in [5.41, 5.74) is 2.05. The molecule has 0 unspecified atom stereocenters. The van der Waals surface area contributed by atoms with Gasteiger partial charge in [0.15, 0.2) is 0 Å². The Morgan fingerprint density at radius 3 is 2.66 bits per heavy atom. The minimum absolute atomic E-state index is 0.0405. The van der Waals surface area contributed by atoms with E-state index < -0.39 is 4.92 Å². The molecule has 2 aromatic carbocycles. The number of nitrogens with zero attached hydrogens (tertiary/aromatic N) is 2. The minimum Gasteiger partial charge on any atom is -0.456 e. The molecular weight excluding hydrogens is 478 g/mol. The zero-order chi connectivity index (χ0) is 22.5. The molecule has 1 aliphatic heterocycles. The summed E-state index contributed by atoms with van der Waals surface area (Å²) in [5, 5.41) is 14.0. The highest BCUT2D eigenvalue weighted by Crippen LogP contribution is 2.32. The van der Waals surface area contributed by atoms with Gasteiger partial charge >= 0.3 is 0 Å². The van der Waals surface area contributed by atoms with Gasteiger partial charge in [-0.2, -0.15) is 0 Å². The Bertz CT molecular complexity index is 1170. The van der Waals surface area contributed by atoms with Crippen LogP contribution >= 0.6 is 15.9 Å². The monoisotopic (exact) mass is 497 g/mol. The minimum atomic E-state index is -0.455. The molecule has 1 N–H and O–H groups in total. The molecule has 8 nitrogen and oxygen atoms in total. The van der Waals surface area contributed by atoms with E-state index in [1.807, 2.05) is 18.2 Å². The largest absolute Gasteiger partial charge is 0.456 e. The van der Waals surface area contributed by atoms with Crippen LogP contribution in [-0.2, 0) is 9.53 Å². The number of morpholine rings is 1. The molecule has 0 saturated carbocycles. The second-order valence-corrected chi connectivity index (χ2v) is 7.92. The summed E-state index contributed by atoms with van der Waals surface area (Å²) in [6, 6.07) is 15.3. The van der Waals surface area contributed by atoms with Crippen molar-refractivity contribution < 1.29 is 18.9 Å². The molecule has 1 aromatic heterocycles. The maximum Gasteiger partial charge on any atom is 0.280 e. The highest BCUT2D eigenvalue weighted by molar-refractivity contribution is 9.10. The third-order valence-corrected chi connectivity index (χ3v) is 5.59. The smallest absolute Gasteiger partial charge is 0.280 e. The highest BCUT2D eigenvalue weighted by atomic mass is 79.9. The lowest BCUT2D eigenvalue weighted by Gasteiger charge is -2.29. The lowest BCUT2D eigenvalue weighted by atomic mass is 10.1. The van der Waals surface area contributed by atoms with Crippen LogP contribution in [0.1, 0.15) is 5.76 Å². The van der Waals surface area contributed by atoms with E-state index in [-0.39, 0.29) is 11.6 Å². The molecule has 9 heteroatoms. The zero-order valence-corrected chi connectivity index (χ0v) is 18.6. The molecule has 32 heavy (non-hydrogen) atoms. The Balaban J connectivity index is 1.41. The molecule has 0 aliphatic carbocycles. The van der Waals surface area contributed by atoms with Crippen LogP contribution in [0.5, 0.6) is 0 Å². The number of ether oxygens (including phenoxy) is 1. The van der Waals surface area contributed by atoms with Crippen molar-refractivity contribution in [1.82, 2.24) is 0 Å². The van der Waals surface area contributed by atoms with Gasteiger partial charge in [0.1, 0.15) is 11.5 Å². The summed E-state index contributed by atoms with van der Waals surface area (Å²) in [6.07, 6.45) is 2.87. The number of carbonyl (C=O) groups excluding carboxylic acids is 1. The molecule has 1 amide bonds. The van der Waals surface area contributed by atoms with Crippen LogP contribution in [0.2, 0.25) is 0 Å². The number of benzene rings is 2. The normalized spacial score (nSPS) is 14.0. The van der Waals surface area contributed by atoms with Gasteiger partial charge in [-0.15, -0.1) is 0 Å². The van der Waals surface area contributed by atoms with Crippen molar-refractivity contribution in [3.05, 3.63) is 81.0 Å². The summed E-state index contributed by atoms with van der Waals surface area (Å²) < 4.78 is 11.9. The van der Waals surface area contributed by atoms with Crippen LogP contribution < -0.4 is 10.2 Å². The van der Waals surface area contributed by atoms with E-state index in [1.165, 1.54) is 18.2 Å². The van der Waals surface area contributed by atoms with E-state index in [1.54, 1.807) is 30.3 Å². The molecule has 1 saturated heterocycles. The van der Waals surface area contributed by atoms with Crippen molar-refractivity contribution in [1.29, 1.82) is 0 Å². The fourth-order valence-corrected chi connectivity index (χ4v) is 4.05. The Hall–Kier alpha value is -3.43. The van der Waals surface area contributed by atoms with Gasteiger partial charge in [-0.25, -0.2) is 0 Å². The first-order valence-electron chi connectivity index (χ1n) is 9.96. The second-order valence-electron chi connectivity index (χ2n) is 7.06. The van der Waals surface area contributed by atoms with E-state index in [0.717, 1.165) is 23.2 Å². The average Bonchev–Trinajstić information content (AvgIpc) is 3.27. The first kappa shape index (κ1) is 21.8. The topological polar surface area (TPSA) is 97.8 Å². The Morgan fingerprint density at radius 2 is 1.91 bits per heavy atom. The van der Waals surface area contributed by atoms with Gasteiger partial charge < -0.3 is 19.4 Å². The van der Waals surface area contributed by atoms with Crippen LogP contribution in [0.4, 0.5) is 17.1 Å². The van der Waals surface area contributed by atoms with Gasteiger partial charge in [0.25, 0.3) is 5.69 Å². The summed E-state index contributed by atoms with van der Waals surface area (Å²) >= 11 is 3.57. The van der Waals surface area contributed by atoms with E-state index in [2.05, 4.69) is 26.1 Å². The third-order valence-electron chi connectivity index (χ3n) is 4.96. The summed E-state index contributed by atoms with van der Waals surface area (Å²) in [6.45, 7) is 3.04. The molecular formula is C23H20BrN3O5. The van der Waals surface area contributed by atoms with Crippen molar-refractivity contribution in [2.45, 2.75) is 0 Å². The summed E-state index contributed by atoms with van der Waals surface area (Å²) in [7, 11) is 0. The number of hydrogen-bond acceptors (Lipinski definition) is 6. The van der Waals surface area contributed by atoms with Crippen LogP contribution in [0.25, 0.3) is 17.4 Å². The van der Waals surface area contributed by atoms with Gasteiger partial charge in [0.2, 0.25) is 5.91 Å². The number of nitro benzene ring substituents is 1. The molecule has 164 valence electrons. The maximum absolute atomic E-state index is 12.3. The van der Waals surface area contributed by atoms with Crippen LogP contribution in [0.3, 0.4) is 0 Å². The van der Waals surface area contributed by atoms with Gasteiger partial charge in [0, 0.05) is 35.4 Å². The number of para-hydroxylation sites is 1. The van der Waals surface area contributed by atoms with E-state index >= 15 is 0 Å². The number of carbonyl (C=O) groups is 1. The standard InChI is InChI=1S/C23H20BrN3O5/c24-19-15-16(5-8-21(19)26-11-13-31-14-12-26)25-23(28)10-7-17-6-9-22(32-17)18-3-1-2-4-20(18)27(29)30/h1-10,15H,11-14H2,(H,25,28)/b10-7+. The van der Waals surface area contributed by atoms with E-state index in [0.29, 0.717) is 36.0 Å². The number of nitro groups is 1. The molecule has 0 spiro atoms. The average molecular weight is 498 g/mol. The third kappa shape index (κ3) is 5.06. The number of halogens is 1. The zero-order valence-electron chi connectivity index (χ0n) is 17.0. The number of hydrogen-bond donors (Lipinski definition) is 1. The van der Waals surface area contributed by atoms with Crippen molar-refractivity contribution in [3.8, 4) is 11.3 Å². The predicted molar refractivity (Wildman–Crippen MR) is 126 cm³/mol. The van der Waals surface area contributed by atoms with Crippen molar-refractivity contribution in [3.63, 3.8) is 0 Å². The fourth-order valence-electron chi connectivity index (χ4n) is 3.42. The summed E-state index contributed by atoms with van der Waals surface area (Å²) in [4.78, 5) is 25.3. The van der Waals surface area contributed by atoms with Gasteiger partial charge in [-0.1, -0.05) is 12.1 Å². The Labute approximate surface area is 192 Å². The molecule has 3 aromatic rings. The number of nitrogens with one attached hydrogen (secondary N) is 1. The second kappa shape index (κ2) is 9.80. The van der Waals surface area contributed by atoms with E-state index in [4.69, 9.17) is 9.15 Å². The van der Waals surface area contributed by atoms with Gasteiger partial charge in [-0.05, 0) is 58.4 Å². The molecule has 1 aliphatic rings. The number of rotatable bonds is 6. The van der Waals surface area contributed by atoms with Gasteiger partial charge in [-0.3, -0.25) is 14.9 Å². The van der Waals surface area contributed by atoms with Crippen LogP contribution in [0.15, 0.2) is 69.6 Å². The Kier molecular flexibility index (Phi) is 6.67. The molecule has 4 rings (SSSR count). The fraction of sp³-hybridized carbons (Fsp3) is 0.174. The quantitative estimate of drug-likeness (QED) is 0.288. The molecule has 1 fully saturated rings. The lowest BCUT2D eigenvalue weighted by molar-refractivity contribution is -0.384. The maximum atomic E-state index is 12.3. The van der Waals surface area contributed by atoms with Gasteiger partial charge in [0.05, 0.1) is 29.4 Å². The van der Waals surface area contributed by atoms with Crippen LogP contribution in [0, 0.1) is 10.1 Å². The highest BCUT2D eigenvalue weighted by Gasteiger charge is 2.17. The number of furan rings is 1. The Morgan fingerprint density at radius 1 is 1.12 bits per heavy atom. The first-order chi connectivity index (χ1) is 15.5. The van der Waals surface area contributed by atoms with Crippen LogP contribution in [-0.4, -0.2) is 37.1 Å². The molecule has 2 heterocycles. The molecule has 0 atom stereocenters. The lowest BCUT2D eigenvalue weighted by Crippen LogP contribution is -2.36. The number of anilines is 2. The van der Waals surface area contributed by atoms with Crippen molar-refractivity contribution in [2.24, 2.45) is 0 Å². The predicted octanol–water partition coefficient (Wildman–Crippen LogP) is 5.11. The van der Waals surface area contributed by atoms with E-state index in [9.17, 15) is 14.9 Å². The SMILES string of the molecule is O=C(/C=C/c1ccc(-c2ccccc2[N+](=O)[O-])o1)Nc1ccc(N2CCOCC2)c(Br)c1. The van der Waals surface area contributed by atoms with Crippen molar-refractivity contribution >= 4 is 45.0 Å². The summed E-state index contributed by atoms with van der Waals surface area (Å²) in [5.74, 6) is 0.455. The van der Waals surface area contributed by atoms with Crippen molar-refractivity contribution in [2.75, 3.05) is 36.5 Å². The molecule has 0 radical (unpaired) electrons. The first-order valence-corrected chi connectivity index (χ1v) is 10.8.